The van der Waals surface area contributed by atoms with Crippen LogP contribution in [0.5, 0.6) is 5.75 Å². The molecule has 3 aromatic carbocycles. The van der Waals surface area contributed by atoms with Crippen LogP contribution in [0.25, 0.3) is 0 Å². The van der Waals surface area contributed by atoms with E-state index in [2.05, 4.69) is 6.07 Å². The Kier molecular flexibility index (Phi) is 7.01. The molecule has 1 aliphatic rings. The van der Waals surface area contributed by atoms with Gasteiger partial charge in [-0.3, -0.25) is 9.59 Å². The number of fused-ring (bicyclic) bond motifs is 1. The maximum atomic E-state index is 13.2. The number of carbonyl (C=O) groups is 2. The van der Waals surface area contributed by atoms with E-state index in [-0.39, 0.29) is 17.7 Å². The number of carbonyl (C=O) groups excluding carboxylic acids is 2. The molecule has 176 valence electrons. The molecule has 0 aromatic heterocycles. The third kappa shape index (κ3) is 5.14. The van der Waals surface area contributed by atoms with Crippen molar-refractivity contribution in [3.8, 4) is 5.75 Å². The molecule has 0 N–H and O–H groups in total. The summed E-state index contributed by atoms with van der Waals surface area (Å²) in [6, 6.07) is 21.7. The predicted octanol–water partition coefficient (Wildman–Crippen LogP) is 5.53. The van der Waals surface area contributed by atoms with Gasteiger partial charge in [0.1, 0.15) is 12.4 Å². The molecule has 2 amide bonds. The third-order valence-electron chi connectivity index (χ3n) is 6.21. The molecule has 0 fully saturated rings. The average Bonchev–Trinajstić information content (AvgIpc) is 3.04. The number of rotatable bonds is 5. The second-order valence-corrected chi connectivity index (χ2v) is 9.25. The maximum Gasteiger partial charge on any atom is 0.254 e. The van der Waals surface area contributed by atoms with Gasteiger partial charge < -0.3 is 14.5 Å². The summed E-state index contributed by atoms with van der Waals surface area (Å²) >= 11 is 0. The minimum absolute atomic E-state index is 0.0104. The van der Waals surface area contributed by atoms with Crippen LogP contribution < -0.4 is 9.64 Å². The second kappa shape index (κ2) is 10.1. The molecule has 4 rings (SSSR count). The number of aryl methyl sites for hydroxylation is 2. The number of benzene rings is 3. The minimum atomic E-state index is -0.118. The molecule has 5 nitrogen and oxygen atoms in total. The van der Waals surface area contributed by atoms with Crippen molar-refractivity contribution in [2.24, 2.45) is 5.92 Å². The molecule has 0 bridgehead atoms. The average molecular weight is 457 g/mol. The third-order valence-corrected chi connectivity index (χ3v) is 6.21. The monoisotopic (exact) mass is 456 g/mol. The van der Waals surface area contributed by atoms with Crippen molar-refractivity contribution in [1.82, 2.24) is 4.90 Å². The van der Waals surface area contributed by atoms with Crippen molar-refractivity contribution in [3.05, 3.63) is 94.5 Å². The first-order valence-electron chi connectivity index (χ1n) is 11.8. The van der Waals surface area contributed by atoms with Gasteiger partial charge in [0, 0.05) is 29.3 Å². The zero-order valence-corrected chi connectivity index (χ0v) is 20.4. The molecule has 0 atom stereocenters. The van der Waals surface area contributed by atoms with E-state index in [4.69, 9.17) is 4.74 Å². The summed E-state index contributed by atoms with van der Waals surface area (Å²) in [6.07, 6.45) is 0. The Balaban J connectivity index is 1.60. The van der Waals surface area contributed by atoms with Crippen LogP contribution in [0.2, 0.25) is 0 Å². The largest absolute Gasteiger partial charge is 0.491 e. The molecule has 1 heterocycles. The molecule has 0 saturated carbocycles. The summed E-state index contributed by atoms with van der Waals surface area (Å²) in [5.74, 6) is 0.760. The van der Waals surface area contributed by atoms with Gasteiger partial charge in [-0.25, -0.2) is 0 Å². The number of nitrogens with zero attached hydrogens (tertiary/aromatic N) is 2. The normalized spacial score (nSPS) is 13.1. The Morgan fingerprint density at radius 3 is 2.44 bits per heavy atom. The van der Waals surface area contributed by atoms with Gasteiger partial charge in [-0.1, -0.05) is 55.8 Å². The zero-order valence-electron chi connectivity index (χ0n) is 20.4. The van der Waals surface area contributed by atoms with Gasteiger partial charge in [-0.2, -0.15) is 0 Å². The fraction of sp³-hybridized carbons (Fsp3) is 0.310. The quantitative estimate of drug-likeness (QED) is 0.507. The van der Waals surface area contributed by atoms with Crippen molar-refractivity contribution in [2.75, 3.05) is 18.1 Å². The van der Waals surface area contributed by atoms with E-state index in [9.17, 15) is 9.59 Å². The van der Waals surface area contributed by atoms with Crippen LogP contribution in [0, 0.1) is 19.8 Å². The molecular weight excluding hydrogens is 424 g/mol. The van der Waals surface area contributed by atoms with Gasteiger partial charge in [0.25, 0.3) is 5.91 Å². The van der Waals surface area contributed by atoms with E-state index in [1.54, 1.807) is 0 Å². The van der Waals surface area contributed by atoms with Crippen molar-refractivity contribution >= 4 is 17.5 Å². The highest BCUT2D eigenvalue weighted by Crippen LogP contribution is 2.28. The van der Waals surface area contributed by atoms with E-state index in [0.717, 1.165) is 39.3 Å². The first kappa shape index (κ1) is 23.6. The number of ether oxygens (including phenoxy) is 1. The highest BCUT2D eigenvalue weighted by atomic mass is 16.5. The van der Waals surface area contributed by atoms with Gasteiger partial charge >= 0.3 is 0 Å². The van der Waals surface area contributed by atoms with Crippen LogP contribution >= 0.6 is 0 Å². The second-order valence-electron chi connectivity index (χ2n) is 9.25. The molecule has 0 radical (unpaired) electrons. The summed E-state index contributed by atoms with van der Waals surface area (Å²) in [5, 5.41) is 0. The van der Waals surface area contributed by atoms with E-state index in [1.165, 1.54) is 0 Å². The SMILES string of the molecule is Cc1ccc(N(Cc2ccc3c(c2)CN(C(=O)c2ccccc2C)CCO3)C(=O)C(C)C)cc1. The van der Waals surface area contributed by atoms with Gasteiger partial charge in [0.15, 0.2) is 0 Å². The van der Waals surface area contributed by atoms with Gasteiger partial charge in [-0.15, -0.1) is 0 Å². The number of anilines is 1. The Morgan fingerprint density at radius 2 is 1.74 bits per heavy atom. The predicted molar refractivity (Wildman–Crippen MR) is 135 cm³/mol. The molecule has 34 heavy (non-hydrogen) atoms. The number of hydrogen-bond acceptors (Lipinski definition) is 3. The Bertz CT molecular complexity index is 1180. The zero-order chi connectivity index (χ0) is 24.2. The molecule has 0 aliphatic carbocycles. The summed E-state index contributed by atoms with van der Waals surface area (Å²) < 4.78 is 5.96. The van der Waals surface area contributed by atoms with Crippen LogP contribution in [0.4, 0.5) is 5.69 Å². The van der Waals surface area contributed by atoms with Crippen LogP contribution in [0.3, 0.4) is 0 Å². The standard InChI is InChI=1S/C29H32N2O3/c1-20(2)28(32)31(25-12-9-21(3)10-13-25)18-23-11-14-27-24(17-23)19-30(15-16-34-27)29(33)26-8-6-5-7-22(26)4/h5-14,17,20H,15-16,18-19H2,1-4H3. The van der Waals surface area contributed by atoms with Crippen molar-refractivity contribution in [3.63, 3.8) is 0 Å². The number of amides is 2. The van der Waals surface area contributed by atoms with Crippen LogP contribution in [0.1, 0.15) is 46.5 Å². The smallest absolute Gasteiger partial charge is 0.254 e. The lowest BCUT2D eigenvalue weighted by Gasteiger charge is -2.26. The summed E-state index contributed by atoms with van der Waals surface area (Å²) in [5.41, 5.74) is 5.68. The summed E-state index contributed by atoms with van der Waals surface area (Å²) in [7, 11) is 0. The van der Waals surface area contributed by atoms with E-state index in [0.29, 0.717) is 26.2 Å². The molecule has 0 unspecified atom stereocenters. The minimum Gasteiger partial charge on any atom is -0.491 e. The lowest BCUT2D eigenvalue weighted by atomic mass is 10.1. The Labute approximate surface area is 202 Å². The molecular formula is C29H32N2O3. The first-order valence-corrected chi connectivity index (χ1v) is 11.8. The Hall–Kier alpha value is -3.60. The van der Waals surface area contributed by atoms with Crippen LogP contribution in [-0.4, -0.2) is 29.9 Å². The van der Waals surface area contributed by atoms with E-state index < -0.39 is 0 Å². The topological polar surface area (TPSA) is 49.9 Å². The maximum absolute atomic E-state index is 13.2. The highest BCUT2D eigenvalue weighted by molar-refractivity contribution is 5.96. The van der Waals surface area contributed by atoms with Crippen molar-refractivity contribution in [2.45, 2.75) is 40.8 Å². The Morgan fingerprint density at radius 1 is 1.00 bits per heavy atom. The lowest BCUT2D eigenvalue weighted by molar-refractivity contribution is -0.121. The van der Waals surface area contributed by atoms with E-state index >= 15 is 0 Å². The fourth-order valence-electron chi connectivity index (χ4n) is 4.22. The lowest BCUT2D eigenvalue weighted by Crippen LogP contribution is -2.34. The van der Waals surface area contributed by atoms with Crippen LogP contribution in [-0.2, 0) is 17.9 Å². The molecule has 0 spiro atoms. The molecule has 0 saturated heterocycles. The van der Waals surface area contributed by atoms with Crippen molar-refractivity contribution in [1.29, 1.82) is 0 Å². The molecule has 5 heteroatoms. The van der Waals surface area contributed by atoms with Crippen LogP contribution in [0.15, 0.2) is 66.7 Å². The first-order chi connectivity index (χ1) is 16.3. The summed E-state index contributed by atoms with van der Waals surface area (Å²) in [4.78, 5) is 30.0. The molecule has 1 aliphatic heterocycles. The number of hydrogen-bond donors (Lipinski definition) is 0. The fourth-order valence-corrected chi connectivity index (χ4v) is 4.22. The van der Waals surface area contributed by atoms with Gasteiger partial charge in [0.2, 0.25) is 5.91 Å². The van der Waals surface area contributed by atoms with Crippen molar-refractivity contribution < 1.29 is 14.3 Å². The highest BCUT2D eigenvalue weighted by Gasteiger charge is 2.24. The van der Waals surface area contributed by atoms with E-state index in [1.807, 2.05) is 98.2 Å². The van der Waals surface area contributed by atoms with Gasteiger partial charge in [0.05, 0.1) is 13.1 Å². The molecule has 3 aromatic rings. The van der Waals surface area contributed by atoms with Gasteiger partial charge in [-0.05, 0) is 55.3 Å². The summed E-state index contributed by atoms with van der Waals surface area (Å²) in [6.45, 7) is 9.74.